The number of rotatable bonds is 4. The van der Waals surface area contributed by atoms with Gasteiger partial charge in [-0.15, -0.1) is 11.3 Å². The van der Waals surface area contributed by atoms with E-state index >= 15 is 0 Å². The number of halogens is 4. The quantitative estimate of drug-likeness (QED) is 0.763. The van der Waals surface area contributed by atoms with Gasteiger partial charge in [0.15, 0.2) is 11.6 Å². The lowest BCUT2D eigenvalue weighted by molar-refractivity contribution is -0.0504. The Labute approximate surface area is 144 Å². The van der Waals surface area contributed by atoms with E-state index in [1.165, 1.54) is 22.4 Å². The van der Waals surface area contributed by atoms with Crippen LogP contribution in [0.3, 0.4) is 0 Å². The molecule has 2 heterocycles. The number of thiophene rings is 1. The van der Waals surface area contributed by atoms with Crippen LogP contribution in [0.4, 0.5) is 17.6 Å². The number of morpholine rings is 1. The second-order valence-electron chi connectivity index (χ2n) is 5.28. The van der Waals surface area contributed by atoms with Crippen molar-refractivity contribution in [3.8, 4) is 5.75 Å². The van der Waals surface area contributed by atoms with Gasteiger partial charge in [0.05, 0.1) is 13.2 Å². The Balaban J connectivity index is 1.76. The molecule has 0 bridgehead atoms. The van der Waals surface area contributed by atoms with Gasteiger partial charge in [-0.25, -0.2) is 8.78 Å². The van der Waals surface area contributed by atoms with Gasteiger partial charge in [-0.05, 0) is 29.1 Å². The Morgan fingerprint density at radius 1 is 1.28 bits per heavy atom. The van der Waals surface area contributed by atoms with Gasteiger partial charge in [0, 0.05) is 6.54 Å². The molecule has 3 rings (SSSR count). The Hall–Kier alpha value is -2.13. The normalized spacial score (nSPS) is 17.8. The molecule has 1 aromatic heterocycles. The minimum Gasteiger partial charge on any atom is -0.433 e. The van der Waals surface area contributed by atoms with E-state index in [0.717, 1.165) is 23.5 Å². The summed E-state index contributed by atoms with van der Waals surface area (Å²) in [7, 11) is 0. The minimum atomic E-state index is -3.03. The highest BCUT2D eigenvalue weighted by Gasteiger charge is 2.29. The Morgan fingerprint density at radius 2 is 2.08 bits per heavy atom. The molecule has 0 saturated carbocycles. The molecule has 134 valence electrons. The highest BCUT2D eigenvalue weighted by Crippen LogP contribution is 2.30. The first-order valence-electron chi connectivity index (χ1n) is 7.34. The molecule has 1 saturated heterocycles. The number of benzene rings is 1. The fourth-order valence-electron chi connectivity index (χ4n) is 2.53. The lowest BCUT2D eigenvalue weighted by atomic mass is 10.1. The summed E-state index contributed by atoms with van der Waals surface area (Å²) < 4.78 is 61.1. The van der Waals surface area contributed by atoms with E-state index in [2.05, 4.69) is 4.74 Å². The number of hydrogen-bond acceptors (Lipinski definition) is 4. The van der Waals surface area contributed by atoms with Crippen molar-refractivity contribution in [3.63, 3.8) is 0 Å². The molecule has 0 N–H and O–H groups in total. The molecule has 0 spiro atoms. The first-order valence-corrected chi connectivity index (χ1v) is 8.22. The number of carbonyl (C=O) groups excluding carboxylic acids is 1. The third kappa shape index (κ3) is 3.93. The lowest BCUT2D eigenvalue weighted by Gasteiger charge is -2.33. The lowest BCUT2D eigenvalue weighted by Crippen LogP contribution is -2.42. The molecule has 1 aliphatic rings. The summed E-state index contributed by atoms with van der Waals surface area (Å²) in [5, 5.41) is 1.48. The molecule has 1 atom stereocenters. The third-order valence-corrected chi connectivity index (χ3v) is 4.59. The minimum absolute atomic E-state index is 0.0613. The van der Waals surface area contributed by atoms with Crippen molar-refractivity contribution in [1.82, 2.24) is 4.90 Å². The van der Waals surface area contributed by atoms with Gasteiger partial charge >= 0.3 is 6.61 Å². The first-order chi connectivity index (χ1) is 12.0. The molecule has 1 aliphatic heterocycles. The summed E-state index contributed by atoms with van der Waals surface area (Å²) in [6, 6.07) is 4.69. The van der Waals surface area contributed by atoms with E-state index in [-0.39, 0.29) is 30.3 Å². The first kappa shape index (κ1) is 17.7. The second-order valence-corrected chi connectivity index (χ2v) is 6.19. The summed E-state index contributed by atoms with van der Waals surface area (Å²) in [4.78, 5) is 14.1. The number of nitrogens with zero attached hydrogens (tertiary/aromatic N) is 1. The van der Waals surface area contributed by atoms with Crippen molar-refractivity contribution < 1.29 is 31.8 Å². The van der Waals surface area contributed by atoms with Crippen LogP contribution in [0, 0.1) is 11.6 Å². The van der Waals surface area contributed by atoms with Crippen LogP contribution in [0.2, 0.25) is 0 Å². The van der Waals surface area contributed by atoms with Crippen LogP contribution in [-0.4, -0.2) is 37.1 Å². The van der Waals surface area contributed by atoms with Crippen molar-refractivity contribution in [1.29, 1.82) is 0 Å². The Kier molecular flexibility index (Phi) is 5.24. The van der Waals surface area contributed by atoms with Gasteiger partial charge in [0.2, 0.25) is 0 Å². The molecule has 1 unspecified atom stereocenters. The van der Waals surface area contributed by atoms with E-state index < -0.39 is 30.3 Å². The molecule has 9 heteroatoms. The molecule has 25 heavy (non-hydrogen) atoms. The highest BCUT2D eigenvalue weighted by molar-refractivity contribution is 7.12. The SMILES string of the molecule is O=C(c1sccc1OC(F)F)N1CCOC(c2ccc(F)c(F)c2)C1. The standard InChI is InChI=1S/C16H13F4NO3S/c17-10-2-1-9(7-11(10)18)13-8-21(4-5-23-13)15(22)14-12(3-6-25-14)24-16(19)20/h1-3,6-7,13,16H,4-5,8H2. The molecule has 1 aromatic carbocycles. The van der Waals surface area contributed by atoms with Crippen LogP contribution >= 0.6 is 11.3 Å². The maximum atomic E-state index is 13.4. The summed E-state index contributed by atoms with van der Waals surface area (Å²) in [6.45, 7) is -2.49. The highest BCUT2D eigenvalue weighted by atomic mass is 32.1. The van der Waals surface area contributed by atoms with Crippen molar-refractivity contribution in [2.45, 2.75) is 12.7 Å². The molecule has 4 nitrogen and oxygen atoms in total. The number of ether oxygens (including phenoxy) is 2. The number of amides is 1. The van der Waals surface area contributed by atoms with Gasteiger partial charge in [0.1, 0.15) is 16.7 Å². The number of hydrogen-bond donors (Lipinski definition) is 0. The van der Waals surface area contributed by atoms with Crippen LogP contribution in [0.1, 0.15) is 21.3 Å². The molecule has 0 radical (unpaired) electrons. The number of carbonyl (C=O) groups is 1. The Morgan fingerprint density at radius 3 is 2.80 bits per heavy atom. The molecule has 1 fully saturated rings. The van der Waals surface area contributed by atoms with Crippen molar-refractivity contribution in [2.75, 3.05) is 19.7 Å². The van der Waals surface area contributed by atoms with Crippen LogP contribution in [0.15, 0.2) is 29.6 Å². The van der Waals surface area contributed by atoms with Crippen molar-refractivity contribution >= 4 is 17.2 Å². The van der Waals surface area contributed by atoms with Crippen molar-refractivity contribution in [3.05, 3.63) is 51.7 Å². The van der Waals surface area contributed by atoms with Gasteiger partial charge < -0.3 is 14.4 Å². The van der Waals surface area contributed by atoms with E-state index in [1.54, 1.807) is 0 Å². The molecule has 2 aromatic rings. The van der Waals surface area contributed by atoms with Crippen LogP contribution in [-0.2, 0) is 4.74 Å². The van der Waals surface area contributed by atoms with Crippen molar-refractivity contribution in [2.24, 2.45) is 0 Å². The average Bonchev–Trinajstić information content (AvgIpc) is 3.04. The predicted molar refractivity (Wildman–Crippen MR) is 81.9 cm³/mol. The maximum Gasteiger partial charge on any atom is 0.387 e. The van der Waals surface area contributed by atoms with Gasteiger partial charge in [0.25, 0.3) is 5.91 Å². The third-order valence-electron chi connectivity index (χ3n) is 3.71. The van der Waals surface area contributed by atoms with E-state index in [0.29, 0.717) is 5.56 Å². The Bertz CT molecular complexity index is 768. The summed E-state index contributed by atoms with van der Waals surface area (Å²) in [5.41, 5.74) is 0.395. The smallest absolute Gasteiger partial charge is 0.387 e. The predicted octanol–water partition coefficient (Wildman–Crippen LogP) is 3.84. The zero-order chi connectivity index (χ0) is 18.0. The second kappa shape index (κ2) is 7.40. The van der Waals surface area contributed by atoms with Gasteiger partial charge in [-0.3, -0.25) is 4.79 Å². The fourth-order valence-corrected chi connectivity index (χ4v) is 3.32. The monoisotopic (exact) mass is 375 g/mol. The zero-order valence-corrected chi connectivity index (χ0v) is 13.6. The average molecular weight is 375 g/mol. The molecule has 0 aliphatic carbocycles. The van der Waals surface area contributed by atoms with Gasteiger partial charge in [-0.2, -0.15) is 8.78 Å². The molecule has 1 amide bonds. The molecular formula is C16H13F4NO3S. The largest absolute Gasteiger partial charge is 0.433 e. The van der Waals surface area contributed by atoms with E-state index in [9.17, 15) is 22.4 Å². The van der Waals surface area contributed by atoms with E-state index in [4.69, 9.17) is 4.74 Å². The maximum absolute atomic E-state index is 13.4. The van der Waals surface area contributed by atoms with Crippen LogP contribution < -0.4 is 4.74 Å². The topological polar surface area (TPSA) is 38.8 Å². The van der Waals surface area contributed by atoms with Crippen LogP contribution in [0.25, 0.3) is 0 Å². The summed E-state index contributed by atoms with van der Waals surface area (Å²) >= 11 is 0.995. The summed E-state index contributed by atoms with van der Waals surface area (Å²) in [5.74, 6) is -2.63. The zero-order valence-electron chi connectivity index (χ0n) is 12.8. The van der Waals surface area contributed by atoms with E-state index in [1.807, 2.05) is 0 Å². The fraction of sp³-hybridized carbons (Fsp3) is 0.312. The van der Waals surface area contributed by atoms with Gasteiger partial charge in [-0.1, -0.05) is 6.07 Å². The summed E-state index contributed by atoms with van der Waals surface area (Å²) in [6.07, 6.45) is -0.632. The molecular weight excluding hydrogens is 362 g/mol. The van der Waals surface area contributed by atoms with Crippen LogP contribution in [0.5, 0.6) is 5.75 Å². The number of alkyl halides is 2.